The molecule has 0 fully saturated rings. The molecule has 0 aromatic heterocycles. The van der Waals surface area contributed by atoms with E-state index in [2.05, 4.69) is 5.32 Å². The molecule has 158 valence electrons. The smallest absolute Gasteiger partial charge is 0.255 e. The average molecular weight is 416 g/mol. The highest BCUT2D eigenvalue weighted by Gasteiger charge is 2.40. The molecule has 1 aliphatic heterocycles. The van der Waals surface area contributed by atoms with E-state index in [-0.39, 0.29) is 11.8 Å². The van der Waals surface area contributed by atoms with E-state index >= 15 is 0 Å². The Morgan fingerprint density at radius 1 is 0.935 bits per heavy atom. The van der Waals surface area contributed by atoms with Crippen LogP contribution in [0.3, 0.4) is 0 Å². The number of ether oxygens (including phenoxy) is 2. The van der Waals surface area contributed by atoms with Gasteiger partial charge in [-0.25, -0.2) is 0 Å². The Morgan fingerprint density at radius 2 is 1.65 bits per heavy atom. The lowest BCUT2D eigenvalue weighted by Gasteiger charge is -2.25. The van der Waals surface area contributed by atoms with E-state index in [9.17, 15) is 9.59 Å². The lowest BCUT2D eigenvalue weighted by molar-refractivity contribution is -0.125. The number of fused-ring (bicyclic) bond motifs is 1. The number of nitrogens with one attached hydrogen (secondary N) is 1. The lowest BCUT2D eigenvalue weighted by Crippen LogP contribution is -2.38. The average Bonchev–Trinajstić information content (AvgIpc) is 3.09. The summed E-state index contributed by atoms with van der Waals surface area (Å²) in [6, 6.07) is 21.6. The molecule has 6 heteroatoms. The van der Waals surface area contributed by atoms with Crippen LogP contribution in [0.15, 0.2) is 72.8 Å². The van der Waals surface area contributed by atoms with E-state index < -0.39 is 6.04 Å². The van der Waals surface area contributed by atoms with Gasteiger partial charge < -0.3 is 19.7 Å². The normalized spacial score (nSPS) is 14.8. The molecule has 0 spiro atoms. The molecule has 1 atom stereocenters. The van der Waals surface area contributed by atoms with E-state index in [1.54, 1.807) is 25.2 Å². The van der Waals surface area contributed by atoms with Crippen molar-refractivity contribution in [3.05, 3.63) is 95.1 Å². The highest BCUT2D eigenvalue weighted by molar-refractivity contribution is 6.04. The molecule has 0 aliphatic carbocycles. The standard InChI is InChI=1S/C25H24N2O4/c1-30-19-13-11-17(12-14-19)16-27-23(20-8-4-5-9-21(20)25(27)29)24(28)26-15-18-7-3-6-10-22(18)31-2/h3-14,23H,15-16H2,1-2H3,(H,26,28). The first kappa shape index (κ1) is 20.5. The Bertz CT molecular complexity index is 1090. The van der Waals surface area contributed by atoms with Crippen molar-refractivity contribution in [2.45, 2.75) is 19.1 Å². The number of carbonyl (C=O) groups is 2. The van der Waals surface area contributed by atoms with Crippen LogP contribution < -0.4 is 14.8 Å². The molecular weight excluding hydrogens is 392 g/mol. The second-order valence-corrected chi connectivity index (χ2v) is 7.30. The van der Waals surface area contributed by atoms with Crippen LogP contribution in [0.4, 0.5) is 0 Å². The molecule has 0 bridgehead atoms. The Morgan fingerprint density at radius 3 is 2.39 bits per heavy atom. The van der Waals surface area contributed by atoms with Crippen LogP contribution in [0.1, 0.15) is 33.1 Å². The van der Waals surface area contributed by atoms with Crippen molar-refractivity contribution >= 4 is 11.8 Å². The number of methoxy groups -OCH3 is 2. The summed E-state index contributed by atoms with van der Waals surface area (Å²) in [5.41, 5.74) is 3.08. The molecule has 4 rings (SSSR count). The van der Waals surface area contributed by atoms with Gasteiger partial charge in [0.05, 0.1) is 14.2 Å². The number of amides is 2. The number of benzene rings is 3. The van der Waals surface area contributed by atoms with Gasteiger partial charge in [0.15, 0.2) is 0 Å². The van der Waals surface area contributed by atoms with Crippen LogP contribution in [-0.2, 0) is 17.9 Å². The van der Waals surface area contributed by atoms with Crippen molar-refractivity contribution in [3.8, 4) is 11.5 Å². The molecule has 0 saturated heterocycles. The summed E-state index contributed by atoms with van der Waals surface area (Å²) < 4.78 is 10.6. The number of rotatable bonds is 7. The molecule has 2 amide bonds. The van der Waals surface area contributed by atoms with Gasteiger partial charge in [0.1, 0.15) is 17.5 Å². The quantitative estimate of drug-likeness (QED) is 0.638. The third-order valence-corrected chi connectivity index (χ3v) is 5.46. The van der Waals surface area contributed by atoms with E-state index in [0.717, 1.165) is 22.4 Å². The fraction of sp³-hybridized carbons (Fsp3) is 0.200. The summed E-state index contributed by atoms with van der Waals surface area (Å²) in [5, 5.41) is 2.98. The number of hydrogen-bond donors (Lipinski definition) is 1. The summed E-state index contributed by atoms with van der Waals surface area (Å²) in [6.45, 7) is 0.635. The second-order valence-electron chi connectivity index (χ2n) is 7.30. The van der Waals surface area contributed by atoms with Crippen LogP contribution in [0.5, 0.6) is 11.5 Å². The van der Waals surface area contributed by atoms with Crippen molar-refractivity contribution in [2.24, 2.45) is 0 Å². The van der Waals surface area contributed by atoms with Gasteiger partial charge in [-0.15, -0.1) is 0 Å². The maximum Gasteiger partial charge on any atom is 0.255 e. The lowest BCUT2D eigenvalue weighted by atomic mass is 10.0. The summed E-state index contributed by atoms with van der Waals surface area (Å²) in [7, 11) is 3.21. The number of nitrogens with zero attached hydrogens (tertiary/aromatic N) is 1. The summed E-state index contributed by atoms with van der Waals surface area (Å²) in [4.78, 5) is 28.0. The molecule has 0 saturated carbocycles. The van der Waals surface area contributed by atoms with Crippen molar-refractivity contribution < 1.29 is 19.1 Å². The molecule has 1 heterocycles. The van der Waals surface area contributed by atoms with Crippen LogP contribution >= 0.6 is 0 Å². The molecule has 3 aromatic rings. The zero-order valence-electron chi connectivity index (χ0n) is 17.5. The molecule has 1 N–H and O–H groups in total. The summed E-state index contributed by atoms with van der Waals surface area (Å²) in [6.07, 6.45) is 0. The van der Waals surface area contributed by atoms with E-state index in [0.29, 0.717) is 24.4 Å². The maximum absolute atomic E-state index is 13.3. The third-order valence-electron chi connectivity index (χ3n) is 5.46. The minimum atomic E-state index is -0.694. The number of hydrogen-bond acceptors (Lipinski definition) is 4. The largest absolute Gasteiger partial charge is 0.497 e. The first-order valence-electron chi connectivity index (χ1n) is 10.0. The van der Waals surface area contributed by atoms with Gasteiger partial charge in [-0.05, 0) is 35.4 Å². The first-order valence-corrected chi connectivity index (χ1v) is 10.0. The molecule has 31 heavy (non-hydrogen) atoms. The summed E-state index contributed by atoms with van der Waals surface area (Å²) in [5.74, 6) is 1.08. The Hall–Kier alpha value is -3.80. The predicted octanol–water partition coefficient (Wildman–Crippen LogP) is 3.72. The van der Waals surface area contributed by atoms with Gasteiger partial charge in [-0.1, -0.05) is 48.5 Å². The number of carbonyl (C=O) groups excluding carboxylic acids is 2. The first-order chi connectivity index (χ1) is 15.1. The highest BCUT2D eigenvalue weighted by atomic mass is 16.5. The van der Waals surface area contributed by atoms with Crippen LogP contribution in [-0.4, -0.2) is 30.9 Å². The van der Waals surface area contributed by atoms with Gasteiger partial charge in [0.25, 0.3) is 5.91 Å². The molecule has 0 radical (unpaired) electrons. The third kappa shape index (κ3) is 4.10. The molecule has 3 aromatic carbocycles. The van der Waals surface area contributed by atoms with E-state index in [4.69, 9.17) is 9.47 Å². The van der Waals surface area contributed by atoms with Gasteiger partial charge in [-0.3, -0.25) is 9.59 Å². The fourth-order valence-electron chi connectivity index (χ4n) is 3.87. The van der Waals surface area contributed by atoms with Gasteiger partial charge >= 0.3 is 0 Å². The minimum Gasteiger partial charge on any atom is -0.497 e. The van der Waals surface area contributed by atoms with Crippen molar-refractivity contribution in [1.82, 2.24) is 10.2 Å². The Balaban J connectivity index is 1.58. The second kappa shape index (κ2) is 8.92. The topological polar surface area (TPSA) is 67.9 Å². The van der Waals surface area contributed by atoms with Crippen molar-refractivity contribution in [3.63, 3.8) is 0 Å². The highest BCUT2D eigenvalue weighted by Crippen LogP contribution is 2.35. The van der Waals surface area contributed by atoms with E-state index in [1.165, 1.54) is 0 Å². The molecule has 1 aliphatic rings. The minimum absolute atomic E-state index is 0.149. The maximum atomic E-state index is 13.3. The van der Waals surface area contributed by atoms with Crippen LogP contribution in [0.25, 0.3) is 0 Å². The predicted molar refractivity (Wildman–Crippen MR) is 117 cm³/mol. The SMILES string of the molecule is COc1ccc(CN2C(=O)c3ccccc3C2C(=O)NCc2ccccc2OC)cc1. The van der Waals surface area contributed by atoms with Crippen molar-refractivity contribution in [2.75, 3.05) is 14.2 Å². The zero-order chi connectivity index (χ0) is 21.8. The summed E-state index contributed by atoms with van der Waals surface area (Å²) >= 11 is 0. The van der Waals surface area contributed by atoms with Gasteiger partial charge in [0, 0.05) is 24.2 Å². The monoisotopic (exact) mass is 416 g/mol. The van der Waals surface area contributed by atoms with Crippen LogP contribution in [0, 0.1) is 0 Å². The molecule has 6 nitrogen and oxygen atoms in total. The van der Waals surface area contributed by atoms with Gasteiger partial charge in [0.2, 0.25) is 5.91 Å². The fourth-order valence-corrected chi connectivity index (χ4v) is 3.87. The Labute approximate surface area is 181 Å². The zero-order valence-corrected chi connectivity index (χ0v) is 17.5. The molecular formula is C25H24N2O4. The Kier molecular flexibility index (Phi) is 5.89. The number of para-hydroxylation sites is 1. The van der Waals surface area contributed by atoms with Crippen molar-refractivity contribution in [1.29, 1.82) is 0 Å². The van der Waals surface area contributed by atoms with Crippen LogP contribution in [0.2, 0.25) is 0 Å². The molecule has 1 unspecified atom stereocenters. The van der Waals surface area contributed by atoms with E-state index in [1.807, 2.05) is 66.7 Å². The van der Waals surface area contributed by atoms with Gasteiger partial charge in [-0.2, -0.15) is 0 Å².